The topological polar surface area (TPSA) is 103 Å². The molecule has 3 atom stereocenters. The summed E-state index contributed by atoms with van der Waals surface area (Å²) >= 11 is 1.30. The third-order valence-electron chi connectivity index (χ3n) is 5.80. The zero-order valence-electron chi connectivity index (χ0n) is 15.9. The maximum absolute atomic E-state index is 13.2. The Bertz CT molecular complexity index is 1120. The SMILES string of the molecule is O=C(O)N1C2CCC1CN(c1nc3c(C(O)C(F)(F)F)ccc(-c4nccs4)c3o1)C2. The van der Waals surface area contributed by atoms with E-state index in [4.69, 9.17) is 4.42 Å². The molecule has 2 aliphatic heterocycles. The van der Waals surface area contributed by atoms with Crippen molar-refractivity contribution in [2.45, 2.75) is 37.2 Å². The van der Waals surface area contributed by atoms with Crippen LogP contribution >= 0.6 is 11.3 Å². The van der Waals surface area contributed by atoms with Crippen LogP contribution in [0, 0.1) is 0 Å². The van der Waals surface area contributed by atoms with Crippen LogP contribution in [0.15, 0.2) is 28.1 Å². The van der Waals surface area contributed by atoms with Gasteiger partial charge in [0.15, 0.2) is 11.7 Å². The van der Waals surface area contributed by atoms with E-state index in [1.54, 1.807) is 16.5 Å². The van der Waals surface area contributed by atoms with Gasteiger partial charge >= 0.3 is 12.3 Å². The van der Waals surface area contributed by atoms with Crippen LogP contribution in [0.25, 0.3) is 21.7 Å². The van der Waals surface area contributed by atoms with E-state index in [2.05, 4.69) is 9.97 Å². The number of alkyl halides is 3. The Hall–Kier alpha value is -2.86. The van der Waals surface area contributed by atoms with Crippen LogP contribution < -0.4 is 4.90 Å². The summed E-state index contributed by atoms with van der Waals surface area (Å²) in [6.45, 7) is 0.665. The van der Waals surface area contributed by atoms with Crippen molar-refractivity contribution in [1.82, 2.24) is 14.9 Å². The van der Waals surface area contributed by atoms with Crippen molar-refractivity contribution in [2.24, 2.45) is 0 Å². The van der Waals surface area contributed by atoms with Gasteiger partial charge in [0.25, 0.3) is 6.01 Å². The maximum Gasteiger partial charge on any atom is 0.418 e. The summed E-state index contributed by atoms with van der Waals surface area (Å²) in [4.78, 5) is 23.2. The quantitative estimate of drug-likeness (QED) is 0.619. The number of carboxylic acid groups (broad SMARTS) is 1. The summed E-state index contributed by atoms with van der Waals surface area (Å²) < 4.78 is 45.6. The molecule has 0 radical (unpaired) electrons. The van der Waals surface area contributed by atoms with Crippen molar-refractivity contribution in [2.75, 3.05) is 18.0 Å². The number of fused-ring (bicyclic) bond motifs is 3. The summed E-state index contributed by atoms with van der Waals surface area (Å²) in [6, 6.07) is 2.27. The average molecular weight is 454 g/mol. The second-order valence-electron chi connectivity index (χ2n) is 7.64. The molecule has 3 unspecified atom stereocenters. The van der Waals surface area contributed by atoms with E-state index >= 15 is 0 Å². The van der Waals surface area contributed by atoms with Gasteiger partial charge in [0, 0.05) is 30.2 Å². The number of aliphatic hydroxyl groups is 1. The predicted octanol–water partition coefficient (Wildman–Crippen LogP) is 3.88. The van der Waals surface area contributed by atoms with Crippen LogP contribution in [0.4, 0.5) is 24.0 Å². The van der Waals surface area contributed by atoms with E-state index in [1.807, 2.05) is 0 Å². The summed E-state index contributed by atoms with van der Waals surface area (Å²) in [5, 5.41) is 21.6. The highest BCUT2D eigenvalue weighted by atomic mass is 32.1. The van der Waals surface area contributed by atoms with Crippen LogP contribution in [-0.2, 0) is 0 Å². The molecule has 2 saturated heterocycles. The number of hydrogen-bond acceptors (Lipinski definition) is 7. The van der Waals surface area contributed by atoms with Crippen LogP contribution in [0.3, 0.4) is 0 Å². The Morgan fingerprint density at radius 1 is 1.26 bits per heavy atom. The van der Waals surface area contributed by atoms with Crippen molar-refractivity contribution >= 4 is 34.5 Å². The number of aromatic nitrogens is 2. The number of amides is 1. The second kappa shape index (κ2) is 7.09. The molecule has 2 aromatic heterocycles. The van der Waals surface area contributed by atoms with Gasteiger partial charge in [-0.2, -0.15) is 18.2 Å². The van der Waals surface area contributed by atoms with E-state index in [0.29, 0.717) is 36.5 Å². The van der Waals surface area contributed by atoms with Crippen molar-refractivity contribution in [3.05, 3.63) is 29.3 Å². The molecule has 164 valence electrons. The van der Waals surface area contributed by atoms with E-state index in [9.17, 15) is 28.2 Å². The lowest BCUT2D eigenvalue weighted by Gasteiger charge is -2.38. The molecular weight excluding hydrogens is 437 g/mol. The van der Waals surface area contributed by atoms with Crippen molar-refractivity contribution in [3.63, 3.8) is 0 Å². The van der Waals surface area contributed by atoms with E-state index in [-0.39, 0.29) is 29.2 Å². The lowest BCUT2D eigenvalue weighted by atomic mass is 10.0. The summed E-state index contributed by atoms with van der Waals surface area (Å²) in [5.41, 5.74) is 0.110. The lowest BCUT2D eigenvalue weighted by molar-refractivity contribution is -0.206. The first-order valence-corrected chi connectivity index (χ1v) is 10.5. The number of piperazine rings is 1. The first-order chi connectivity index (χ1) is 14.7. The average Bonchev–Trinajstić information content (AvgIpc) is 3.44. The molecule has 12 heteroatoms. The number of carbonyl (C=O) groups is 1. The first-order valence-electron chi connectivity index (χ1n) is 9.58. The van der Waals surface area contributed by atoms with Gasteiger partial charge in [-0.1, -0.05) is 6.07 Å². The van der Waals surface area contributed by atoms with Gasteiger partial charge in [-0.3, -0.25) is 4.90 Å². The molecular formula is C19H17F3N4O4S. The molecule has 0 saturated carbocycles. The minimum atomic E-state index is -4.86. The van der Waals surface area contributed by atoms with Crippen molar-refractivity contribution < 1.29 is 32.6 Å². The van der Waals surface area contributed by atoms with Crippen LogP contribution in [-0.4, -0.2) is 62.5 Å². The van der Waals surface area contributed by atoms with Gasteiger partial charge in [-0.15, -0.1) is 11.3 Å². The molecule has 5 rings (SSSR count). The summed E-state index contributed by atoms with van der Waals surface area (Å²) in [7, 11) is 0. The zero-order chi connectivity index (χ0) is 21.9. The largest absolute Gasteiger partial charge is 0.465 e. The highest BCUT2D eigenvalue weighted by Gasteiger charge is 2.45. The van der Waals surface area contributed by atoms with E-state index in [0.717, 1.165) is 0 Å². The number of thiazole rings is 1. The standard InChI is InChI=1S/C19H17F3N4O4S/c20-19(21,22)15(27)11-3-4-12(16-23-5-6-31-16)14-13(11)24-17(30-14)25-7-9-1-2-10(8-25)26(9)18(28)29/h3-6,9-10,15,27H,1-2,7-8H2,(H,28,29). The van der Waals surface area contributed by atoms with Gasteiger partial charge < -0.3 is 19.5 Å². The first kappa shape index (κ1) is 20.1. The minimum Gasteiger partial charge on any atom is -0.465 e. The number of benzene rings is 1. The summed E-state index contributed by atoms with van der Waals surface area (Å²) in [6.07, 6.45) is -5.57. The second-order valence-corrected chi connectivity index (χ2v) is 8.53. The lowest BCUT2D eigenvalue weighted by Crippen LogP contribution is -2.55. The monoisotopic (exact) mass is 454 g/mol. The molecule has 1 aromatic carbocycles. The molecule has 2 N–H and O–H groups in total. The van der Waals surface area contributed by atoms with Crippen molar-refractivity contribution in [3.8, 4) is 10.6 Å². The highest BCUT2D eigenvalue weighted by Crippen LogP contribution is 2.41. The van der Waals surface area contributed by atoms with Crippen molar-refractivity contribution in [1.29, 1.82) is 0 Å². The van der Waals surface area contributed by atoms with Gasteiger partial charge in [0.1, 0.15) is 10.5 Å². The normalized spacial score (nSPS) is 22.3. The van der Waals surface area contributed by atoms with Gasteiger partial charge in [0.2, 0.25) is 0 Å². The molecule has 2 aliphatic rings. The molecule has 4 heterocycles. The fraction of sp³-hybridized carbons (Fsp3) is 0.421. The molecule has 1 amide bonds. The van der Waals surface area contributed by atoms with Gasteiger partial charge in [-0.25, -0.2) is 9.78 Å². The fourth-order valence-corrected chi connectivity index (χ4v) is 5.10. The number of halogens is 3. The zero-order valence-corrected chi connectivity index (χ0v) is 16.7. The Balaban J connectivity index is 1.59. The number of hydrogen-bond donors (Lipinski definition) is 2. The molecule has 31 heavy (non-hydrogen) atoms. The van der Waals surface area contributed by atoms with Gasteiger partial charge in [-0.05, 0) is 18.9 Å². The predicted molar refractivity (Wildman–Crippen MR) is 105 cm³/mol. The third kappa shape index (κ3) is 3.30. The Labute approximate surface area is 177 Å². The number of rotatable bonds is 3. The van der Waals surface area contributed by atoms with E-state index in [1.165, 1.54) is 28.4 Å². The molecule has 3 aromatic rings. The van der Waals surface area contributed by atoms with Crippen LogP contribution in [0.2, 0.25) is 0 Å². The smallest absolute Gasteiger partial charge is 0.418 e. The Kier molecular flexibility index (Phi) is 4.59. The maximum atomic E-state index is 13.2. The fourth-order valence-electron chi connectivity index (χ4n) is 4.44. The number of aliphatic hydroxyl groups excluding tert-OH is 1. The summed E-state index contributed by atoms with van der Waals surface area (Å²) in [5.74, 6) is 0. The number of oxazole rings is 1. The minimum absolute atomic E-state index is 0.0828. The van der Waals surface area contributed by atoms with Gasteiger partial charge in [0.05, 0.1) is 17.6 Å². The Morgan fingerprint density at radius 2 is 1.97 bits per heavy atom. The Morgan fingerprint density at radius 3 is 2.55 bits per heavy atom. The molecule has 2 fully saturated rings. The number of nitrogens with zero attached hydrogens (tertiary/aromatic N) is 4. The highest BCUT2D eigenvalue weighted by molar-refractivity contribution is 7.13. The van der Waals surface area contributed by atoms with Crippen LogP contribution in [0.5, 0.6) is 0 Å². The van der Waals surface area contributed by atoms with E-state index < -0.39 is 23.9 Å². The number of anilines is 1. The third-order valence-corrected chi connectivity index (χ3v) is 6.61. The molecule has 8 nitrogen and oxygen atoms in total. The molecule has 0 spiro atoms. The molecule has 0 aliphatic carbocycles. The molecule has 2 bridgehead atoms. The van der Waals surface area contributed by atoms with Crippen LogP contribution in [0.1, 0.15) is 24.5 Å².